The van der Waals surface area contributed by atoms with E-state index in [4.69, 9.17) is 21.4 Å². The van der Waals surface area contributed by atoms with E-state index in [0.717, 1.165) is 33.0 Å². The molecule has 5 rings (SSSR count). The molecule has 3 aromatic rings. The van der Waals surface area contributed by atoms with Gasteiger partial charge in [-0.15, -0.1) is 5.10 Å². The van der Waals surface area contributed by atoms with E-state index in [-0.39, 0.29) is 5.49 Å². The van der Waals surface area contributed by atoms with Crippen LogP contribution in [0.3, 0.4) is 0 Å². The number of hydrogen-bond acceptors (Lipinski definition) is 3. The van der Waals surface area contributed by atoms with E-state index in [1.807, 2.05) is 55.5 Å². The molecule has 0 unspecified atom stereocenters. The maximum absolute atomic E-state index is 8.56. The van der Waals surface area contributed by atoms with Gasteiger partial charge in [-0.2, -0.15) is 0 Å². The molecule has 0 aliphatic carbocycles. The zero-order valence-electron chi connectivity index (χ0n) is 14.0. The second-order valence-corrected chi connectivity index (χ2v) is 6.76. The van der Waals surface area contributed by atoms with Crippen LogP contribution in [0.2, 0.25) is 5.02 Å². The maximum Gasteiger partial charge on any atom is 0.248 e. The van der Waals surface area contributed by atoms with Crippen molar-refractivity contribution in [3.63, 3.8) is 0 Å². The number of nitrogens with one attached hydrogen (secondary N) is 1. The number of halogens is 1. The van der Waals surface area contributed by atoms with Crippen LogP contribution in [0.5, 0.6) is 0 Å². The van der Waals surface area contributed by atoms with E-state index in [1.165, 1.54) is 0 Å². The third-order valence-electron chi connectivity index (χ3n) is 4.71. The lowest BCUT2D eigenvalue weighted by Crippen LogP contribution is -2.14. The van der Waals surface area contributed by atoms with E-state index >= 15 is 0 Å². The van der Waals surface area contributed by atoms with Crippen molar-refractivity contribution in [1.82, 2.24) is 9.78 Å². The molecule has 1 N–H and O–H groups in total. The summed E-state index contributed by atoms with van der Waals surface area (Å²) in [5.74, 6) is 0.439. The summed E-state index contributed by atoms with van der Waals surface area (Å²) in [5, 5.41) is 16.9. The molecule has 2 aliphatic rings. The van der Waals surface area contributed by atoms with E-state index in [1.54, 1.807) is 4.68 Å². The molecule has 5 heteroatoms. The van der Waals surface area contributed by atoms with E-state index in [2.05, 4.69) is 17.2 Å². The number of rotatable bonds is 1. The molecule has 0 saturated carbocycles. The molecular formula is C21H14ClN3O. The highest BCUT2D eigenvalue weighted by Crippen LogP contribution is 2.31. The summed E-state index contributed by atoms with van der Waals surface area (Å²) < 4.78 is 7.56. The number of aromatic nitrogens is 2. The average molecular weight is 360 g/mol. The van der Waals surface area contributed by atoms with Gasteiger partial charge in [0.15, 0.2) is 5.49 Å². The lowest BCUT2D eigenvalue weighted by atomic mass is 10.0. The molecule has 0 atom stereocenters. The molecule has 3 aromatic carbocycles. The fourth-order valence-corrected chi connectivity index (χ4v) is 3.45. The summed E-state index contributed by atoms with van der Waals surface area (Å²) in [6.45, 7) is 1.94. The molecule has 0 radical (unpaired) electrons. The Morgan fingerprint density at radius 2 is 1.85 bits per heavy atom. The minimum absolute atomic E-state index is 0.276. The highest BCUT2D eigenvalue weighted by atomic mass is 35.5. The smallest absolute Gasteiger partial charge is 0.248 e. The third-order valence-corrected chi connectivity index (χ3v) is 5.12. The third kappa shape index (κ3) is 2.16. The molecule has 126 valence electrons. The van der Waals surface area contributed by atoms with Crippen LogP contribution in [-0.4, -0.2) is 9.78 Å². The van der Waals surface area contributed by atoms with Crippen LogP contribution in [0.4, 0.5) is 0 Å². The molecule has 0 saturated heterocycles. The zero-order valence-corrected chi connectivity index (χ0v) is 14.7. The molecule has 4 nitrogen and oxygen atoms in total. The molecule has 0 fully saturated rings. The Morgan fingerprint density at radius 1 is 1.00 bits per heavy atom. The van der Waals surface area contributed by atoms with Crippen LogP contribution in [0.15, 0.2) is 65.1 Å². The van der Waals surface area contributed by atoms with Crippen molar-refractivity contribution in [1.29, 1.82) is 5.41 Å². The second-order valence-electron chi connectivity index (χ2n) is 6.36. The van der Waals surface area contributed by atoms with Gasteiger partial charge in [0, 0.05) is 10.4 Å². The van der Waals surface area contributed by atoms with Gasteiger partial charge in [0.2, 0.25) is 5.89 Å². The SMILES string of the molecule is Cc1ccc(-n2nc3oc4ccc5ccccc5c4cc-3c2=N)cc1Cl. The van der Waals surface area contributed by atoms with Gasteiger partial charge < -0.3 is 4.42 Å². The molecular weight excluding hydrogens is 346 g/mol. The highest BCUT2D eigenvalue weighted by Gasteiger charge is 2.18. The number of aryl methyl sites for hydroxylation is 1. The molecule has 0 aromatic heterocycles. The lowest BCUT2D eigenvalue weighted by molar-refractivity contribution is 0.591. The van der Waals surface area contributed by atoms with Gasteiger partial charge in [0.1, 0.15) is 5.58 Å². The van der Waals surface area contributed by atoms with Gasteiger partial charge in [-0.25, -0.2) is 4.68 Å². The van der Waals surface area contributed by atoms with Crippen LogP contribution in [0, 0.1) is 12.3 Å². The summed E-state index contributed by atoms with van der Waals surface area (Å²) >= 11 is 6.24. The maximum atomic E-state index is 8.56. The van der Waals surface area contributed by atoms with Crippen LogP contribution < -0.4 is 5.49 Å². The van der Waals surface area contributed by atoms with Gasteiger partial charge >= 0.3 is 0 Å². The monoisotopic (exact) mass is 359 g/mol. The molecule has 2 aliphatic heterocycles. The van der Waals surface area contributed by atoms with Crippen molar-refractivity contribution in [2.45, 2.75) is 6.92 Å². The first-order valence-electron chi connectivity index (χ1n) is 8.27. The van der Waals surface area contributed by atoms with E-state index in [0.29, 0.717) is 16.5 Å². The summed E-state index contributed by atoms with van der Waals surface area (Å²) in [6, 6.07) is 19.8. The Labute approximate surface area is 154 Å². The van der Waals surface area contributed by atoms with Crippen molar-refractivity contribution in [2.24, 2.45) is 0 Å². The fourth-order valence-electron chi connectivity index (χ4n) is 3.28. The number of benzene rings is 3. The normalized spacial score (nSPS) is 11.6. The largest absolute Gasteiger partial charge is 0.436 e. The minimum Gasteiger partial charge on any atom is -0.436 e. The first kappa shape index (κ1) is 15.2. The summed E-state index contributed by atoms with van der Waals surface area (Å²) in [4.78, 5) is 0. The summed E-state index contributed by atoms with van der Waals surface area (Å²) in [6.07, 6.45) is 0. The van der Waals surface area contributed by atoms with Gasteiger partial charge in [-0.3, -0.25) is 5.41 Å². The minimum atomic E-state index is 0.276. The van der Waals surface area contributed by atoms with Crippen molar-refractivity contribution >= 4 is 33.3 Å². The lowest BCUT2D eigenvalue weighted by Gasteiger charge is -2.04. The van der Waals surface area contributed by atoms with Crippen molar-refractivity contribution in [2.75, 3.05) is 0 Å². The Kier molecular flexibility index (Phi) is 3.18. The fraction of sp³-hybridized carbons (Fsp3) is 0.0476. The molecule has 26 heavy (non-hydrogen) atoms. The van der Waals surface area contributed by atoms with Gasteiger partial charge in [0.05, 0.1) is 11.3 Å². The van der Waals surface area contributed by atoms with Crippen LogP contribution in [0.25, 0.3) is 38.9 Å². The molecule has 0 amide bonds. The van der Waals surface area contributed by atoms with Gasteiger partial charge in [-0.05, 0) is 47.5 Å². The number of hydrogen-bond donors (Lipinski definition) is 1. The summed E-state index contributed by atoms with van der Waals surface area (Å²) in [5.41, 5.74) is 3.43. The van der Waals surface area contributed by atoms with Crippen molar-refractivity contribution in [3.05, 3.63) is 76.7 Å². The number of nitrogens with zero attached hydrogens (tertiary/aromatic N) is 2. The first-order valence-corrected chi connectivity index (χ1v) is 8.65. The Hall–Kier alpha value is -3.11. The van der Waals surface area contributed by atoms with E-state index < -0.39 is 0 Å². The summed E-state index contributed by atoms with van der Waals surface area (Å²) in [7, 11) is 0. The predicted molar refractivity (Wildman–Crippen MR) is 103 cm³/mol. The Morgan fingerprint density at radius 3 is 2.69 bits per heavy atom. The zero-order chi connectivity index (χ0) is 17.8. The van der Waals surface area contributed by atoms with Crippen molar-refractivity contribution < 1.29 is 4.42 Å². The first-order chi connectivity index (χ1) is 12.6. The number of fused-ring (bicyclic) bond motifs is 4. The second kappa shape index (κ2) is 5.44. The van der Waals surface area contributed by atoms with E-state index in [9.17, 15) is 0 Å². The quantitative estimate of drug-likeness (QED) is 0.412. The van der Waals surface area contributed by atoms with Crippen LogP contribution >= 0.6 is 11.6 Å². The predicted octanol–water partition coefficient (Wildman–Crippen LogP) is 5.32. The molecule has 0 bridgehead atoms. The van der Waals surface area contributed by atoms with Crippen LogP contribution in [0.1, 0.15) is 5.56 Å². The molecule has 2 heterocycles. The van der Waals surface area contributed by atoms with Gasteiger partial charge in [0.25, 0.3) is 0 Å². The Bertz CT molecular complexity index is 1330. The van der Waals surface area contributed by atoms with Crippen LogP contribution in [-0.2, 0) is 0 Å². The molecule has 0 spiro atoms. The Balaban J connectivity index is 1.83. The standard InChI is InChI=1S/C21H14ClN3O/c1-12-6-8-14(10-18(12)22)25-20(23)17-11-16-15-5-3-2-4-13(15)7-9-19(16)26-21(17)24-25/h2-11,23H,1H3. The topological polar surface area (TPSA) is 54.8 Å². The highest BCUT2D eigenvalue weighted by molar-refractivity contribution is 6.31. The van der Waals surface area contributed by atoms with Crippen molar-refractivity contribution in [3.8, 4) is 17.1 Å². The van der Waals surface area contributed by atoms with Gasteiger partial charge in [-0.1, -0.05) is 48.0 Å². The average Bonchev–Trinajstić information content (AvgIpc) is 2.98.